The van der Waals surface area contributed by atoms with Gasteiger partial charge in [0.05, 0.1) is 0 Å². The molecule has 7 rings (SSSR count). The second-order valence-corrected chi connectivity index (χ2v) is 11.3. The maximum absolute atomic E-state index is 6.80. The van der Waals surface area contributed by atoms with Crippen LogP contribution in [0.25, 0.3) is 33.0 Å². The van der Waals surface area contributed by atoms with Crippen LogP contribution in [0.1, 0.15) is 25.0 Å². The first kappa shape index (κ1) is 23.8. The maximum atomic E-state index is 6.80. The Hall–Kier alpha value is -4.33. The molecule has 0 heterocycles. The van der Waals surface area contributed by atoms with Gasteiger partial charge in [-0.3, -0.25) is 0 Å². The third-order valence-corrected chi connectivity index (χ3v) is 8.26. The topological polar surface area (TPSA) is 3.24 Å². The van der Waals surface area contributed by atoms with Crippen molar-refractivity contribution in [2.45, 2.75) is 19.3 Å². The lowest BCUT2D eigenvalue weighted by Gasteiger charge is -2.26. The molecule has 1 nitrogen and oxygen atoms in total. The van der Waals surface area contributed by atoms with E-state index in [0.717, 1.165) is 22.6 Å². The summed E-state index contributed by atoms with van der Waals surface area (Å²) in [5.74, 6) is 0. The highest BCUT2D eigenvalue weighted by atomic mass is 35.5. The molecule has 0 saturated heterocycles. The molecular weight excluding hydrogens is 494 g/mol. The monoisotopic (exact) mass is 521 g/mol. The summed E-state index contributed by atoms with van der Waals surface area (Å²) in [6.07, 6.45) is 0. The van der Waals surface area contributed by atoms with Gasteiger partial charge in [0.2, 0.25) is 0 Å². The van der Waals surface area contributed by atoms with Gasteiger partial charge in [0.15, 0.2) is 0 Å². The van der Waals surface area contributed by atoms with Gasteiger partial charge in [0, 0.05) is 27.5 Å². The molecule has 0 bridgehead atoms. The van der Waals surface area contributed by atoms with Gasteiger partial charge >= 0.3 is 0 Å². The molecule has 0 unspecified atom stereocenters. The van der Waals surface area contributed by atoms with Crippen molar-refractivity contribution in [1.29, 1.82) is 0 Å². The quantitative estimate of drug-likeness (QED) is 0.223. The summed E-state index contributed by atoms with van der Waals surface area (Å²) in [5.41, 5.74) is 10.8. The Morgan fingerprint density at radius 3 is 1.74 bits per heavy atom. The van der Waals surface area contributed by atoms with Crippen molar-refractivity contribution in [1.82, 2.24) is 0 Å². The standard InChI is InChI=1S/C37H28ClN/c1-37(2)35-23-27(17-18-33(35)34-21-25-11-9-10-12-26(25)22-36(34)37)28-19-29(38)24-32(20-28)39(30-13-5-3-6-14-30)31-15-7-4-8-16-31/h3-24H,1-2H3. The maximum Gasteiger partial charge on any atom is 0.0482 e. The molecule has 0 radical (unpaired) electrons. The predicted molar refractivity (Wildman–Crippen MR) is 167 cm³/mol. The molecule has 1 aliphatic rings. The molecule has 2 heteroatoms. The third-order valence-electron chi connectivity index (χ3n) is 8.05. The number of para-hydroxylation sites is 2. The minimum atomic E-state index is -0.0910. The van der Waals surface area contributed by atoms with Crippen molar-refractivity contribution in [2.24, 2.45) is 0 Å². The summed E-state index contributed by atoms with van der Waals surface area (Å²) in [7, 11) is 0. The Morgan fingerprint density at radius 1 is 0.487 bits per heavy atom. The van der Waals surface area contributed by atoms with Crippen molar-refractivity contribution in [3.05, 3.63) is 150 Å². The van der Waals surface area contributed by atoms with E-state index in [1.54, 1.807) is 0 Å². The van der Waals surface area contributed by atoms with E-state index >= 15 is 0 Å². The lowest BCUT2D eigenvalue weighted by Crippen LogP contribution is -2.15. The van der Waals surface area contributed by atoms with E-state index in [2.05, 4.69) is 134 Å². The SMILES string of the molecule is CC1(C)c2cc(-c3cc(Cl)cc(N(c4ccccc4)c4ccccc4)c3)ccc2-c2cc3ccccc3cc21. The van der Waals surface area contributed by atoms with E-state index in [9.17, 15) is 0 Å². The predicted octanol–water partition coefficient (Wildman–Crippen LogP) is 10.9. The number of anilines is 3. The molecule has 6 aromatic carbocycles. The number of halogens is 1. The van der Waals surface area contributed by atoms with Gasteiger partial charge < -0.3 is 4.90 Å². The fourth-order valence-corrected chi connectivity index (χ4v) is 6.30. The van der Waals surface area contributed by atoms with Crippen LogP contribution in [0, 0.1) is 0 Å². The molecule has 188 valence electrons. The van der Waals surface area contributed by atoms with Crippen LogP contribution < -0.4 is 4.90 Å². The van der Waals surface area contributed by atoms with E-state index in [-0.39, 0.29) is 5.41 Å². The summed E-state index contributed by atoms with van der Waals surface area (Å²) in [4.78, 5) is 2.26. The first-order valence-electron chi connectivity index (χ1n) is 13.4. The second-order valence-electron chi connectivity index (χ2n) is 10.8. The van der Waals surface area contributed by atoms with Gasteiger partial charge in [-0.2, -0.15) is 0 Å². The van der Waals surface area contributed by atoms with Crippen molar-refractivity contribution >= 4 is 39.4 Å². The van der Waals surface area contributed by atoms with Crippen molar-refractivity contribution in [3.8, 4) is 22.3 Å². The van der Waals surface area contributed by atoms with Crippen LogP contribution in [0.15, 0.2) is 133 Å². The molecule has 0 saturated carbocycles. The lowest BCUT2D eigenvalue weighted by molar-refractivity contribution is 0.661. The Labute approximate surface area is 234 Å². The molecule has 0 aromatic heterocycles. The third kappa shape index (κ3) is 4.02. The molecule has 6 aromatic rings. The molecule has 0 fully saturated rings. The Balaban J connectivity index is 1.36. The zero-order valence-electron chi connectivity index (χ0n) is 22.0. The van der Waals surface area contributed by atoms with Crippen LogP contribution in [-0.4, -0.2) is 0 Å². The van der Waals surface area contributed by atoms with Crippen molar-refractivity contribution in [2.75, 3.05) is 4.90 Å². The van der Waals surface area contributed by atoms with Crippen LogP contribution in [0.4, 0.5) is 17.1 Å². The van der Waals surface area contributed by atoms with Crippen LogP contribution in [0.3, 0.4) is 0 Å². The first-order chi connectivity index (χ1) is 19.0. The number of rotatable bonds is 4. The van der Waals surface area contributed by atoms with E-state index < -0.39 is 0 Å². The Kier molecular flexibility index (Phi) is 5.58. The lowest BCUT2D eigenvalue weighted by atomic mass is 9.81. The normalized spacial score (nSPS) is 13.2. The second kappa shape index (κ2) is 9.15. The highest BCUT2D eigenvalue weighted by molar-refractivity contribution is 6.31. The molecular formula is C37H28ClN. The highest BCUT2D eigenvalue weighted by Gasteiger charge is 2.36. The van der Waals surface area contributed by atoms with E-state index in [1.807, 2.05) is 18.2 Å². The van der Waals surface area contributed by atoms with Gasteiger partial charge in [-0.25, -0.2) is 0 Å². The molecule has 0 N–H and O–H groups in total. The minimum Gasteiger partial charge on any atom is -0.310 e. The Morgan fingerprint density at radius 2 is 1.08 bits per heavy atom. The molecule has 0 amide bonds. The zero-order chi connectivity index (χ0) is 26.6. The van der Waals surface area contributed by atoms with Crippen LogP contribution in [0.2, 0.25) is 5.02 Å². The van der Waals surface area contributed by atoms with Gasteiger partial charge in [0.25, 0.3) is 0 Å². The summed E-state index contributed by atoms with van der Waals surface area (Å²) in [6.45, 7) is 4.68. The minimum absolute atomic E-state index is 0.0910. The van der Waals surface area contributed by atoms with Crippen LogP contribution in [0.5, 0.6) is 0 Å². The van der Waals surface area contributed by atoms with E-state index in [1.165, 1.54) is 38.6 Å². The fourth-order valence-electron chi connectivity index (χ4n) is 6.07. The first-order valence-corrected chi connectivity index (χ1v) is 13.8. The molecule has 0 spiro atoms. The van der Waals surface area contributed by atoms with Gasteiger partial charge in [-0.15, -0.1) is 0 Å². The molecule has 1 aliphatic carbocycles. The number of hydrogen-bond acceptors (Lipinski definition) is 1. The molecule has 39 heavy (non-hydrogen) atoms. The average Bonchev–Trinajstić information content (AvgIpc) is 3.18. The summed E-state index contributed by atoms with van der Waals surface area (Å²) in [6, 6.07) is 47.5. The number of benzene rings is 6. The van der Waals surface area contributed by atoms with Crippen LogP contribution in [-0.2, 0) is 5.41 Å². The van der Waals surface area contributed by atoms with Crippen molar-refractivity contribution in [3.63, 3.8) is 0 Å². The van der Waals surface area contributed by atoms with E-state index in [4.69, 9.17) is 11.6 Å². The highest BCUT2D eigenvalue weighted by Crippen LogP contribution is 2.51. The smallest absolute Gasteiger partial charge is 0.0482 e. The molecule has 0 atom stereocenters. The Bertz CT molecular complexity index is 1800. The fraction of sp³-hybridized carbons (Fsp3) is 0.0811. The number of fused-ring (bicyclic) bond motifs is 4. The van der Waals surface area contributed by atoms with Crippen LogP contribution >= 0.6 is 11.6 Å². The van der Waals surface area contributed by atoms with Crippen molar-refractivity contribution < 1.29 is 0 Å². The zero-order valence-corrected chi connectivity index (χ0v) is 22.8. The summed E-state index contributed by atoms with van der Waals surface area (Å²) >= 11 is 6.80. The number of hydrogen-bond donors (Lipinski definition) is 0. The van der Waals surface area contributed by atoms with Gasteiger partial charge in [-0.05, 0) is 105 Å². The largest absolute Gasteiger partial charge is 0.310 e. The average molecular weight is 522 g/mol. The van der Waals surface area contributed by atoms with Gasteiger partial charge in [0.1, 0.15) is 0 Å². The van der Waals surface area contributed by atoms with E-state index in [0.29, 0.717) is 5.02 Å². The van der Waals surface area contributed by atoms with Gasteiger partial charge in [-0.1, -0.05) is 98.2 Å². The number of nitrogens with zero attached hydrogens (tertiary/aromatic N) is 1. The summed E-state index contributed by atoms with van der Waals surface area (Å²) in [5, 5.41) is 3.29. The molecule has 0 aliphatic heterocycles. The summed E-state index contributed by atoms with van der Waals surface area (Å²) < 4.78 is 0.